The van der Waals surface area contributed by atoms with Gasteiger partial charge >= 0.3 is 6.03 Å². The number of carbonyl (C=O) groups is 3. The Bertz CT molecular complexity index is 1600. The maximum atomic E-state index is 13.7. The minimum absolute atomic E-state index is 0.204. The molecule has 212 valence electrons. The van der Waals surface area contributed by atoms with Gasteiger partial charge in [-0.15, -0.1) is 0 Å². The fraction of sp³-hybridized carbons (Fsp3) is 0.147. The van der Waals surface area contributed by atoms with Gasteiger partial charge in [-0.25, -0.2) is 14.6 Å². The van der Waals surface area contributed by atoms with Crippen LogP contribution >= 0.6 is 11.6 Å². The SMILES string of the molecule is CCOc1cc(C=C2C(=O)N(c3ccccc3)C(=O)N(c3ccccc3)C2=O)cc(Cl)c1OCc1cc(C)cc(C)c1. The van der Waals surface area contributed by atoms with Crippen LogP contribution in [-0.2, 0) is 16.2 Å². The van der Waals surface area contributed by atoms with Gasteiger partial charge in [-0.3, -0.25) is 9.59 Å². The Morgan fingerprint density at radius 1 is 0.738 bits per heavy atom. The van der Waals surface area contributed by atoms with Crippen LogP contribution in [0.15, 0.2) is 96.6 Å². The zero-order chi connectivity index (χ0) is 29.8. The van der Waals surface area contributed by atoms with Gasteiger partial charge in [0, 0.05) is 0 Å². The molecule has 4 aromatic rings. The average Bonchev–Trinajstić information content (AvgIpc) is 2.96. The lowest BCUT2D eigenvalue weighted by atomic mass is 10.0. The molecule has 0 bridgehead atoms. The molecule has 4 amide bonds. The zero-order valence-corrected chi connectivity index (χ0v) is 24.2. The van der Waals surface area contributed by atoms with Crippen LogP contribution in [0.3, 0.4) is 0 Å². The molecule has 0 N–H and O–H groups in total. The highest BCUT2D eigenvalue weighted by Gasteiger charge is 2.43. The quantitative estimate of drug-likeness (QED) is 0.159. The van der Waals surface area contributed by atoms with Crippen LogP contribution in [0.4, 0.5) is 16.2 Å². The summed E-state index contributed by atoms with van der Waals surface area (Å²) in [5, 5.41) is 0.254. The first kappa shape index (κ1) is 28.6. The van der Waals surface area contributed by atoms with Crippen molar-refractivity contribution < 1.29 is 23.9 Å². The fourth-order valence-electron chi connectivity index (χ4n) is 4.89. The topological polar surface area (TPSA) is 76.2 Å². The summed E-state index contributed by atoms with van der Waals surface area (Å²) < 4.78 is 11.9. The number of carbonyl (C=O) groups excluding carboxylic acids is 3. The van der Waals surface area contributed by atoms with Crippen LogP contribution in [0, 0.1) is 13.8 Å². The minimum Gasteiger partial charge on any atom is -0.490 e. The predicted octanol–water partition coefficient (Wildman–Crippen LogP) is 7.52. The zero-order valence-electron chi connectivity index (χ0n) is 23.5. The van der Waals surface area contributed by atoms with Gasteiger partial charge in [-0.2, -0.15) is 0 Å². The Hall–Kier alpha value is -4.88. The molecule has 1 heterocycles. The van der Waals surface area contributed by atoms with Gasteiger partial charge in [0.05, 0.1) is 23.0 Å². The number of aryl methyl sites for hydroxylation is 2. The van der Waals surface area contributed by atoms with Crippen LogP contribution in [0.25, 0.3) is 6.08 Å². The molecule has 0 saturated carbocycles. The Labute approximate surface area is 249 Å². The molecule has 8 heteroatoms. The van der Waals surface area contributed by atoms with Crippen molar-refractivity contribution in [3.05, 3.63) is 124 Å². The van der Waals surface area contributed by atoms with E-state index in [-0.39, 0.29) is 17.2 Å². The summed E-state index contributed by atoms with van der Waals surface area (Å²) in [5.41, 5.74) is 4.16. The van der Waals surface area contributed by atoms with Gasteiger partial charge in [0.25, 0.3) is 11.8 Å². The van der Waals surface area contributed by atoms with Crippen LogP contribution in [0.2, 0.25) is 5.02 Å². The molecule has 0 unspecified atom stereocenters. The van der Waals surface area contributed by atoms with Crippen LogP contribution in [0.5, 0.6) is 11.5 Å². The standard InChI is InChI=1S/C34H29ClN2O5/c1-4-41-30-20-24(19-29(35)31(30)42-21-25-16-22(2)15-23(3)17-25)18-28-32(38)36(26-11-7-5-8-12-26)34(40)37(33(28)39)27-13-9-6-10-14-27/h5-20H,4,21H2,1-3H3. The fourth-order valence-corrected chi connectivity index (χ4v) is 5.16. The molecule has 7 nitrogen and oxygen atoms in total. The average molecular weight is 581 g/mol. The summed E-state index contributed by atoms with van der Waals surface area (Å²) in [4.78, 5) is 42.9. The largest absolute Gasteiger partial charge is 0.490 e. The van der Waals surface area contributed by atoms with Crippen molar-refractivity contribution in [1.82, 2.24) is 0 Å². The van der Waals surface area contributed by atoms with Gasteiger partial charge in [0.2, 0.25) is 0 Å². The number of benzene rings is 4. The Morgan fingerprint density at radius 3 is 1.81 bits per heavy atom. The van der Waals surface area contributed by atoms with E-state index in [4.69, 9.17) is 21.1 Å². The summed E-state index contributed by atoms with van der Waals surface area (Å²) in [6.45, 7) is 6.50. The molecule has 1 aliphatic heterocycles. The lowest BCUT2D eigenvalue weighted by Crippen LogP contribution is -2.57. The molecule has 1 saturated heterocycles. The predicted molar refractivity (Wildman–Crippen MR) is 164 cm³/mol. The van der Waals surface area contributed by atoms with Crippen molar-refractivity contribution in [2.45, 2.75) is 27.4 Å². The van der Waals surface area contributed by atoms with Gasteiger partial charge in [0.1, 0.15) is 12.2 Å². The van der Waals surface area contributed by atoms with Gasteiger partial charge in [-0.1, -0.05) is 77.3 Å². The van der Waals surface area contributed by atoms with E-state index in [1.807, 2.05) is 32.9 Å². The number of imide groups is 2. The summed E-state index contributed by atoms with van der Waals surface area (Å²) in [5.74, 6) is -0.763. The molecule has 4 aromatic carbocycles. The third-order valence-corrected chi connectivity index (χ3v) is 6.87. The number of amides is 4. The number of urea groups is 1. The molecule has 0 atom stereocenters. The lowest BCUT2D eigenvalue weighted by Gasteiger charge is -2.34. The highest BCUT2D eigenvalue weighted by molar-refractivity contribution is 6.46. The van der Waals surface area contributed by atoms with E-state index in [2.05, 4.69) is 6.07 Å². The molecule has 0 radical (unpaired) electrons. The van der Waals surface area contributed by atoms with Crippen molar-refractivity contribution in [2.75, 3.05) is 16.4 Å². The van der Waals surface area contributed by atoms with E-state index < -0.39 is 17.8 Å². The monoisotopic (exact) mass is 580 g/mol. The second-order valence-electron chi connectivity index (χ2n) is 9.84. The van der Waals surface area contributed by atoms with Crippen molar-refractivity contribution in [2.24, 2.45) is 0 Å². The summed E-state index contributed by atoms with van der Waals surface area (Å²) in [7, 11) is 0. The van der Waals surface area contributed by atoms with E-state index in [1.54, 1.807) is 72.8 Å². The highest BCUT2D eigenvalue weighted by Crippen LogP contribution is 2.39. The molecule has 0 aromatic heterocycles. The normalized spacial score (nSPS) is 13.4. The minimum atomic E-state index is -0.761. The Balaban J connectivity index is 1.55. The van der Waals surface area contributed by atoms with Gasteiger partial charge < -0.3 is 9.47 Å². The number of halogens is 1. The molecule has 0 aliphatic carbocycles. The first-order chi connectivity index (χ1) is 20.3. The molecule has 5 rings (SSSR count). The number of rotatable bonds is 8. The number of barbiturate groups is 1. The molecule has 42 heavy (non-hydrogen) atoms. The number of nitrogens with zero attached hydrogens (tertiary/aromatic N) is 2. The second-order valence-corrected chi connectivity index (χ2v) is 10.2. The first-order valence-electron chi connectivity index (χ1n) is 13.5. The van der Waals surface area contributed by atoms with Crippen molar-refractivity contribution in [3.63, 3.8) is 0 Å². The van der Waals surface area contributed by atoms with Gasteiger partial charge in [-0.05, 0) is 74.4 Å². The number of anilines is 2. The molecular weight excluding hydrogens is 552 g/mol. The maximum Gasteiger partial charge on any atom is 0.343 e. The van der Waals surface area contributed by atoms with E-state index in [0.29, 0.717) is 35.0 Å². The van der Waals surface area contributed by atoms with Crippen molar-refractivity contribution in [3.8, 4) is 11.5 Å². The second kappa shape index (κ2) is 12.3. The van der Waals surface area contributed by atoms with E-state index >= 15 is 0 Å². The summed E-state index contributed by atoms with van der Waals surface area (Å²) in [6, 6.07) is 25.6. The molecular formula is C34H29ClN2O5. The molecule has 1 fully saturated rings. The smallest absolute Gasteiger partial charge is 0.343 e. The van der Waals surface area contributed by atoms with E-state index in [1.165, 1.54) is 6.08 Å². The third kappa shape index (κ3) is 5.92. The van der Waals surface area contributed by atoms with Gasteiger partial charge in [0.15, 0.2) is 11.5 Å². The van der Waals surface area contributed by atoms with Crippen LogP contribution < -0.4 is 19.3 Å². The van der Waals surface area contributed by atoms with E-state index in [9.17, 15) is 14.4 Å². The summed E-state index contributed by atoms with van der Waals surface area (Å²) >= 11 is 6.68. The highest BCUT2D eigenvalue weighted by atomic mass is 35.5. The van der Waals surface area contributed by atoms with Crippen molar-refractivity contribution in [1.29, 1.82) is 0 Å². The van der Waals surface area contributed by atoms with E-state index in [0.717, 1.165) is 26.5 Å². The number of para-hydroxylation sites is 2. The number of ether oxygens (including phenoxy) is 2. The maximum absolute atomic E-state index is 13.7. The summed E-state index contributed by atoms with van der Waals surface area (Å²) in [6.07, 6.45) is 1.42. The molecule has 1 aliphatic rings. The first-order valence-corrected chi connectivity index (χ1v) is 13.9. The molecule has 0 spiro atoms. The van der Waals surface area contributed by atoms with Crippen LogP contribution in [-0.4, -0.2) is 24.5 Å². The Kier molecular flexibility index (Phi) is 8.41. The van der Waals surface area contributed by atoms with Crippen molar-refractivity contribution >= 4 is 46.9 Å². The number of hydrogen-bond acceptors (Lipinski definition) is 5. The van der Waals surface area contributed by atoms with Crippen LogP contribution in [0.1, 0.15) is 29.2 Å². The lowest BCUT2D eigenvalue weighted by molar-refractivity contribution is -0.121. The third-order valence-electron chi connectivity index (χ3n) is 6.59. The number of hydrogen-bond donors (Lipinski definition) is 0. The Morgan fingerprint density at radius 2 is 1.29 bits per heavy atom.